The number of aliphatic hydroxyl groups is 1. The maximum Gasteiger partial charge on any atom is 0.404 e. The second-order valence-electron chi connectivity index (χ2n) is 6.28. The van der Waals surface area contributed by atoms with Gasteiger partial charge in [-0.1, -0.05) is 30.3 Å². The molecule has 1 aliphatic heterocycles. The van der Waals surface area contributed by atoms with Crippen LogP contribution in [0, 0.1) is 11.6 Å². The summed E-state index contributed by atoms with van der Waals surface area (Å²) in [5.41, 5.74) is 0.204. The average molecular weight is 444 g/mol. The zero-order chi connectivity index (χ0) is 21.2. The van der Waals surface area contributed by atoms with Crippen molar-refractivity contribution in [1.29, 1.82) is 0 Å². The third kappa shape index (κ3) is 8.42. The number of benzene rings is 2. The van der Waals surface area contributed by atoms with Crippen LogP contribution in [0.5, 0.6) is 0 Å². The van der Waals surface area contributed by atoms with E-state index in [1.165, 1.54) is 6.07 Å². The van der Waals surface area contributed by atoms with E-state index in [0.717, 1.165) is 17.7 Å². The minimum atomic E-state index is -1.06. The molecular weight excluding hydrogens is 420 g/mol. The minimum absolute atomic E-state index is 0. The third-order valence-corrected chi connectivity index (χ3v) is 4.25. The van der Waals surface area contributed by atoms with Gasteiger partial charge in [0.25, 0.3) is 5.91 Å². The van der Waals surface area contributed by atoms with Crippen LogP contribution in [0.4, 0.5) is 13.6 Å². The van der Waals surface area contributed by atoms with Gasteiger partial charge in [0.1, 0.15) is 6.61 Å². The Balaban J connectivity index is 0.000000324. The number of hydrogen-bond acceptors (Lipinski definition) is 6. The van der Waals surface area contributed by atoms with Crippen molar-refractivity contribution in [3.05, 3.63) is 71.3 Å². The fourth-order valence-corrected chi connectivity index (χ4v) is 2.67. The molecule has 2 aromatic carbocycles. The quantitative estimate of drug-likeness (QED) is 0.538. The van der Waals surface area contributed by atoms with Crippen LogP contribution < -0.4 is 16.8 Å². The van der Waals surface area contributed by atoms with Crippen molar-refractivity contribution in [3.8, 4) is 0 Å². The number of amides is 1. The number of aliphatic hydroxyl groups excluding tert-OH is 1. The van der Waals surface area contributed by atoms with Crippen molar-refractivity contribution in [3.63, 3.8) is 0 Å². The summed E-state index contributed by atoms with van der Waals surface area (Å²) in [5.74, 6) is -2.57. The number of β-amino-alcohol motifs (C(OH)–C–C–N with tert-alkyl or cyclic N) is 1. The number of carbonyl (C=O) groups excluding carboxylic acids is 2. The maximum atomic E-state index is 13.0. The fourth-order valence-electron chi connectivity index (χ4n) is 2.61. The molecule has 7 nitrogen and oxygen atoms in total. The van der Waals surface area contributed by atoms with Crippen LogP contribution >= 0.6 is 11.6 Å². The molecule has 0 bridgehead atoms. The molecule has 1 heterocycles. The number of rotatable bonds is 4. The SMILES string of the molecule is N.O=C(Cl)OCc1ccccc1.O=C(NC1CCNCC1O)c1ccc(F)c(F)c1. The molecular formula is C20H24ClF2N3O4. The van der Waals surface area contributed by atoms with Crippen LogP contribution in [0.15, 0.2) is 48.5 Å². The van der Waals surface area contributed by atoms with Gasteiger partial charge in [0.15, 0.2) is 11.6 Å². The molecule has 0 saturated carbocycles. The van der Waals surface area contributed by atoms with Crippen molar-refractivity contribution >= 4 is 22.9 Å². The Kier molecular flexibility index (Phi) is 10.9. The van der Waals surface area contributed by atoms with E-state index in [2.05, 4.69) is 15.4 Å². The highest BCUT2D eigenvalue weighted by Gasteiger charge is 2.24. The lowest BCUT2D eigenvalue weighted by Gasteiger charge is -2.29. The van der Waals surface area contributed by atoms with Gasteiger partial charge in [0.2, 0.25) is 0 Å². The van der Waals surface area contributed by atoms with Gasteiger partial charge in [-0.05, 0) is 36.7 Å². The molecule has 2 unspecified atom stereocenters. The highest BCUT2D eigenvalue weighted by atomic mass is 35.5. The predicted molar refractivity (Wildman–Crippen MR) is 109 cm³/mol. The summed E-state index contributed by atoms with van der Waals surface area (Å²) in [6, 6.07) is 12.0. The van der Waals surface area contributed by atoms with Gasteiger partial charge >= 0.3 is 5.43 Å². The van der Waals surface area contributed by atoms with Crippen molar-refractivity contribution < 1.29 is 28.2 Å². The van der Waals surface area contributed by atoms with Crippen LogP contribution in [0.25, 0.3) is 0 Å². The van der Waals surface area contributed by atoms with Crippen LogP contribution in [0.1, 0.15) is 22.3 Å². The number of piperidine rings is 1. The molecule has 0 aromatic heterocycles. The topological polar surface area (TPSA) is 123 Å². The van der Waals surface area contributed by atoms with Crippen molar-refractivity contribution in [1.82, 2.24) is 16.8 Å². The number of carbonyl (C=O) groups is 2. The first-order valence-electron chi connectivity index (χ1n) is 8.87. The molecule has 2 atom stereocenters. The first kappa shape index (κ1) is 25.4. The molecule has 1 amide bonds. The standard InChI is InChI=1S/C12H14F2N2O2.C8H7ClO2.H3N/c13-8-2-1-7(5-9(8)14)12(18)16-10-3-4-15-6-11(10)17;9-8(10)11-6-7-4-2-1-3-5-7;/h1-2,5,10-11,15,17H,3-4,6H2,(H,16,18);1-5H,6H2;1H3. The molecule has 1 aliphatic rings. The second-order valence-corrected chi connectivity index (χ2v) is 6.59. The summed E-state index contributed by atoms with van der Waals surface area (Å²) in [4.78, 5) is 22.0. The van der Waals surface area contributed by atoms with Crippen molar-refractivity contribution in [2.45, 2.75) is 25.2 Å². The Labute approximate surface area is 178 Å². The summed E-state index contributed by atoms with van der Waals surface area (Å²) < 4.78 is 30.3. The second kappa shape index (κ2) is 12.9. The molecule has 1 saturated heterocycles. The first-order valence-corrected chi connectivity index (χ1v) is 9.25. The number of nitrogens with one attached hydrogen (secondary N) is 2. The zero-order valence-electron chi connectivity index (χ0n) is 16.1. The lowest BCUT2D eigenvalue weighted by molar-refractivity contribution is 0.0765. The van der Waals surface area contributed by atoms with Crippen LogP contribution in [0.3, 0.4) is 0 Å². The lowest BCUT2D eigenvalue weighted by Crippen LogP contribution is -2.52. The summed E-state index contributed by atoms with van der Waals surface area (Å²) in [5, 5.41) is 15.2. The van der Waals surface area contributed by atoms with Crippen molar-refractivity contribution in [2.24, 2.45) is 0 Å². The molecule has 6 N–H and O–H groups in total. The van der Waals surface area contributed by atoms with E-state index in [1.54, 1.807) is 0 Å². The number of ether oxygens (including phenoxy) is 1. The normalized spacial score (nSPS) is 17.6. The molecule has 0 spiro atoms. The summed E-state index contributed by atoms with van der Waals surface area (Å²) in [6.45, 7) is 1.34. The molecule has 3 rings (SSSR count). The van der Waals surface area contributed by atoms with Crippen LogP contribution in [-0.4, -0.2) is 41.7 Å². The highest BCUT2D eigenvalue weighted by Crippen LogP contribution is 2.10. The maximum absolute atomic E-state index is 13.0. The monoisotopic (exact) mass is 443 g/mol. The van der Waals surface area contributed by atoms with E-state index in [-0.39, 0.29) is 24.4 Å². The van der Waals surface area contributed by atoms with Gasteiger partial charge in [-0.3, -0.25) is 4.79 Å². The van der Waals surface area contributed by atoms with Gasteiger partial charge in [0, 0.05) is 23.7 Å². The van der Waals surface area contributed by atoms with E-state index in [1.807, 2.05) is 30.3 Å². The smallest absolute Gasteiger partial charge is 0.404 e. The Morgan fingerprint density at radius 1 is 1.17 bits per heavy atom. The molecule has 164 valence electrons. The van der Waals surface area contributed by atoms with Gasteiger partial charge in [-0.2, -0.15) is 0 Å². The number of halogens is 3. The molecule has 0 aliphatic carbocycles. The average Bonchev–Trinajstić information content (AvgIpc) is 2.71. The lowest BCUT2D eigenvalue weighted by atomic mass is 10.0. The Bertz CT molecular complexity index is 827. The van der Waals surface area contributed by atoms with Crippen molar-refractivity contribution in [2.75, 3.05) is 13.1 Å². The van der Waals surface area contributed by atoms with Gasteiger partial charge < -0.3 is 26.6 Å². The molecule has 1 fully saturated rings. The Hall–Kier alpha value is -2.59. The summed E-state index contributed by atoms with van der Waals surface area (Å²) >= 11 is 4.97. The predicted octanol–water partition coefficient (Wildman–Crippen LogP) is 3.14. The molecule has 0 radical (unpaired) electrons. The third-order valence-electron chi connectivity index (χ3n) is 4.14. The highest BCUT2D eigenvalue weighted by molar-refractivity contribution is 6.61. The Morgan fingerprint density at radius 3 is 2.47 bits per heavy atom. The van der Waals surface area contributed by atoms with E-state index in [0.29, 0.717) is 19.5 Å². The van der Waals surface area contributed by atoms with E-state index < -0.39 is 29.1 Å². The largest absolute Gasteiger partial charge is 0.449 e. The van der Waals surface area contributed by atoms with Crippen LogP contribution in [-0.2, 0) is 11.3 Å². The molecule has 30 heavy (non-hydrogen) atoms. The van der Waals surface area contributed by atoms with Gasteiger partial charge in [-0.15, -0.1) is 0 Å². The fraction of sp³-hybridized carbons (Fsp3) is 0.300. The van der Waals surface area contributed by atoms with E-state index in [4.69, 9.17) is 11.6 Å². The molecule has 2 aromatic rings. The van der Waals surface area contributed by atoms with Crippen LogP contribution in [0.2, 0.25) is 0 Å². The van der Waals surface area contributed by atoms with Gasteiger partial charge in [-0.25, -0.2) is 13.6 Å². The molecule has 10 heteroatoms. The Morgan fingerprint density at radius 2 is 1.87 bits per heavy atom. The van der Waals surface area contributed by atoms with E-state index >= 15 is 0 Å². The zero-order valence-corrected chi connectivity index (χ0v) is 16.9. The van der Waals surface area contributed by atoms with E-state index in [9.17, 15) is 23.5 Å². The number of hydrogen-bond donors (Lipinski definition) is 4. The summed E-state index contributed by atoms with van der Waals surface area (Å²) in [7, 11) is 0. The summed E-state index contributed by atoms with van der Waals surface area (Å²) in [6.07, 6.45) is -0.0793. The van der Waals surface area contributed by atoms with Gasteiger partial charge in [0.05, 0.1) is 12.1 Å². The first-order chi connectivity index (χ1) is 13.9. The minimum Gasteiger partial charge on any atom is -0.449 e.